The highest BCUT2D eigenvalue weighted by Crippen LogP contribution is 2.36. The maximum Gasteiger partial charge on any atom is 0.329 e. The molecule has 26 heavy (non-hydrogen) atoms. The zero-order valence-electron chi connectivity index (χ0n) is 14.9. The first kappa shape index (κ1) is 17.0. The standard InChI is InChI=1S/C17H21N5O3S/c1-17(7-8-17)19-26(24,25)13-4-5-14-15(10-13)20(2)16(23)22(14)11-12-6-9-18-21(12)3/h4-6,9-10,19H,7-8,11H2,1-3H3. The van der Waals surface area contributed by atoms with Gasteiger partial charge in [0.1, 0.15) is 0 Å². The van der Waals surface area contributed by atoms with Crippen molar-refractivity contribution in [3.05, 3.63) is 46.6 Å². The molecule has 138 valence electrons. The second-order valence-corrected chi connectivity index (χ2v) is 8.87. The Morgan fingerprint density at radius 1 is 1.19 bits per heavy atom. The van der Waals surface area contributed by atoms with Gasteiger partial charge in [0.25, 0.3) is 0 Å². The summed E-state index contributed by atoms with van der Waals surface area (Å²) in [6, 6.07) is 6.65. The van der Waals surface area contributed by atoms with E-state index in [0.29, 0.717) is 17.6 Å². The Bertz CT molecular complexity index is 1160. The molecule has 0 atom stereocenters. The van der Waals surface area contributed by atoms with Crippen molar-refractivity contribution in [2.45, 2.75) is 36.7 Å². The molecule has 0 radical (unpaired) electrons. The van der Waals surface area contributed by atoms with Gasteiger partial charge >= 0.3 is 5.69 Å². The van der Waals surface area contributed by atoms with Gasteiger partial charge in [0, 0.05) is 25.8 Å². The van der Waals surface area contributed by atoms with Crippen LogP contribution in [0.4, 0.5) is 0 Å². The third-order valence-corrected chi connectivity index (χ3v) is 6.69. The molecule has 3 aromatic rings. The highest BCUT2D eigenvalue weighted by molar-refractivity contribution is 7.89. The number of nitrogens with one attached hydrogen (secondary N) is 1. The summed E-state index contributed by atoms with van der Waals surface area (Å²) in [5.74, 6) is 0. The van der Waals surface area contributed by atoms with Crippen molar-refractivity contribution in [2.75, 3.05) is 0 Å². The average molecular weight is 375 g/mol. The molecular weight excluding hydrogens is 354 g/mol. The number of fused-ring (bicyclic) bond motifs is 1. The van der Waals surface area contributed by atoms with Gasteiger partial charge < -0.3 is 0 Å². The molecule has 9 heteroatoms. The van der Waals surface area contributed by atoms with E-state index in [9.17, 15) is 13.2 Å². The van der Waals surface area contributed by atoms with Crippen LogP contribution in [0.2, 0.25) is 0 Å². The number of hydrogen-bond acceptors (Lipinski definition) is 4. The van der Waals surface area contributed by atoms with Gasteiger partial charge in [0.15, 0.2) is 0 Å². The number of rotatable bonds is 5. The van der Waals surface area contributed by atoms with Crippen molar-refractivity contribution in [1.29, 1.82) is 0 Å². The van der Waals surface area contributed by atoms with Crippen LogP contribution in [0.15, 0.2) is 40.2 Å². The van der Waals surface area contributed by atoms with E-state index in [1.165, 1.54) is 4.57 Å². The molecule has 4 rings (SSSR count). The molecule has 1 saturated carbocycles. The smallest absolute Gasteiger partial charge is 0.295 e. The normalized spacial score (nSPS) is 16.3. The van der Waals surface area contributed by atoms with Crippen LogP contribution in [-0.2, 0) is 30.7 Å². The highest BCUT2D eigenvalue weighted by Gasteiger charge is 2.41. The average Bonchev–Trinajstić information content (AvgIpc) is 3.08. The molecule has 0 aliphatic heterocycles. The van der Waals surface area contributed by atoms with Gasteiger partial charge in [-0.3, -0.25) is 13.8 Å². The summed E-state index contributed by atoms with van der Waals surface area (Å²) < 4.78 is 32.8. The van der Waals surface area contributed by atoms with Gasteiger partial charge in [-0.25, -0.2) is 17.9 Å². The van der Waals surface area contributed by atoms with Crippen LogP contribution in [0.5, 0.6) is 0 Å². The van der Waals surface area contributed by atoms with Gasteiger partial charge in [-0.05, 0) is 44.0 Å². The summed E-state index contributed by atoms with van der Waals surface area (Å²) in [6.45, 7) is 2.26. The Hall–Kier alpha value is -2.39. The van der Waals surface area contributed by atoms with E-state index in [2.05, 4.69) is 9.82 Å². The van der Waals surface area contributed by atoms with Crippen LogP contribution in [0.3, 0.4) is 0 Å². The van der Waals surface area contributed by atoms with Crippen LogP contribution >= 0.6 is 0 Å². The minimum Gasteiger partial charge on any atom is -0.295 e. The Kier molecular flexibility index (Phi) is 3.64. The fraction of sp³-hybridized carbons (Fsp3) is 0.412. The van der Waals surface area contributed by atoms with E-state index in [1.807, 2.05) is 20.0 Å². The SMILES string of the molecule is Cn1nccc1Cn1c(=O)n(C)c2cc(S(=O)(=O)NC3(C)CC3)ccc21. The van der Waals surface area contributed by atoms with Gasteiger partial charge in [-0.1, -0.05) is 0 Å². The third kappa shape index (κ3) is 2.77. The first-order valence-electron chi connectivity index (χ1n) is 8.40. The number of benzene rings is 1. The van der Waals surface area contributed by atoms with Crippen LogP contribution in [0.25, 0.3) is 11.0 Å². The summed E-state index contributed by atoms with van der Waals surface area (Å²) in [5.41, 5.74) is 1.62. The van der Waals surface area contributed by atoms with Crippen LogP contribution in [-0.4, -0.2) is 32.9 Å². The minimum absolute atomic E-state index is 0.173. The number of imidazole rings is 1. The molecule has 0 unspecified atom stereocenters. The fourth-order valence-corrected chi connectivity index (χ4v) is 4.58. The molecule has 1 N–H and O–H groups in total. The third-order valence-electron chi connectivity index (χ3n) is 5.05. The van der Waals surface area contributed by atoms with Gasteiger partial charge in [0.2, 0.25) is 10.0 Å². The lowest BCUT2D eigenvalue weighted by Gasteiger charge is -2.12. The lowest BCUT2D eigenvalue weighted by atomic mass is 10.3. The molecule has 0 saturated heterocycles. The molecule has 8 nitrogen and oxygen atoms in total. The lowest BCUT2D eigenvalue weighted by molar-refractivity contribution is 0.558. The minimum atomic E-state index is -3.61. The number of nitrogens with zero attached hydrogens (tertiary/aromatic N) is 4. The Morgan fingerprint density at radius 2 is 1.92 bits per heavy atom. The maximum absolute atomic E-state index is 12.7. The zero-order valence-corrected chi connectivity index (χ0v) is 15.7. The maximum atomic E-state index is 12.7. The van der Waals surface area contributed by atoms with Crippen LogP contribution < -0.4 is 10.4 Å². The summed E-state index contributed by atoms with van der Waals surface area (Å²) >= 11 is 0. The summed E-state index contributed by atoms with van der Waals surface area (Å²) in [7, 11) is -0.144. The van der Waals surface area contributed by atoms with E-state index in [1.54, 1.807) is 40.7 Å². The molecule has 0 amide bonds. The van der Waals surface area contributed by atoms with Crippen molar-refractivity contribution in [2.24, 2.45) is 14.1 Å². The van der Waals surface area contributed by atoms with Crippen molar-refractivity contribution in [3.63, 3.8) is 0 Å². The quantitative estimate of drug-likeness (QED) is 0.719. The van der Waals surface area contributed by atoms with Gasteiger partial charge in [0.05, 0.1) is 28.2 Å². The fourth-order valence-electron chi connectivity index (χ4n) is 3.10. The monoisotopic (exact) mass is 375 g/mol. The number of hydrogen-bond donors (Lipinski definition) is 1. The molecule has 0 bridgehead atoms. The molecular formula is C17H21N5O3S. The topological polar surface area (TPSA) is 90.9 Å². The van der Waals surface area contributed by atoms with Crippen molar-refractivity contribution in [3.8, 4) is 0 Å². The molecule has 2 aromatic heterocycles. The van der Waals surface area contributed by atoms with Gasteiger partial charge in [-0.15, -0.1) is 0 Å². The second-order valence-electron chi connectivity index (χ2n) is 7.19. The molecule has 1 aliphatic rings. The number of aromatic nitrogens is 4. The Morgan fingerprint density at radius 3 is 2.54 bits per heavy atom. The van der Waals surface area contributed by atoms with Crippen LogP contribution in [0.1, 0.15) is 25.5 Å². The van der Waals surface area contributed by atoms with Crippen molar-refractivity contribution < 1.29 is 8.42 Å². The Labute approximate surface area is 151 Å². The first-order valence-corrected chi connectivity index (χ1v) is 9.89. The van der Waals surface area contributed by atoms with Crippen molar-refractivity contribution in [1.82, 2.24) is 23.6 Å². The van der Waals surface area contributed by atoms with E-state index in [0.717, 1.165) is 18.5 Å². The molecule has 2 heterocycles. The number of sulfonamides is 1. The molecule has 0 spiro atoms. The zero-order chi connectivity index (χ0) is 18.7. The van der Waals surface area contributed by atoms with Crippen molar-refractivity contribution >= 4 is 21.1 Å². The largest absolute Gasteiger partial charge is 0.329 e. The summed E-state index contributed by atoms with van der Waals surface area (Å²) in [4.78, 5) is 12.8. The summed E-state index contributed by atoms with van der Waals surface area (Å²) in [5, 5.41) is 4.12. The number of aryl methyl sites for hydroxylation is 2. The molecule has 1 fully saturated rings. The molecule has 1 aromatic carbocycles. The van der Waals surface area contributed by atoms with E-state index in [4.69, 9.17) is 0 Å². The van der Waals surface area contributed by atoms with E-state index >= 15 is 0 Å². The summed E-state index contributed by atoms with van der Waals surface area (Å²) in [6.07, 6.45) is 3.36. The predicted molar refractivity (Wildman–Crippen MR) is 97.4 cm³/mol. The lowest BCUT2D eigenvalue weighted by Crippen LogP contribution is -2.34. The second kappa shape index (κ2) is 5.55. The Balaban J connectivity index is 1.79. The first-order chi connectivity index (χ1) is 12.2. The van der Waals surface area contributed by atoms with Crippen LogP contribution in [0, 0.1) is 0 Å². The van der Waals surface area contributed by atoms with Gasteiger partial charge in [-0.2, -0.15) is 5.10 Å². The predicted octanol–water partition coefficient (Wildman–Crippen LogP) is 0.953. The van der Waals surface area contributed by atoms with E-state index in [-0.39, 0.29) is 16.1 Å². The molecule has 1 aliphatic carbocycles. The van der Waals surface area contributed by atoms with E-state index < -0.39 is 10.0 Å². The highest BCUT2D eigenvalue weighted by atomic mass is 32.2.